The van der Waals surface area contributed by atoms with Crippen molar-refractivity contribution in [3.05, 3.63) is 0 Å². The van der Waals surface area contributed by atoms with Gasteiger partial charge in [-0.15, -0.1) is 0 Å². The molecule has 0 fully saturated rings. The van der Waals surface area contributed by atoms with Crippen molar-refractivity contribution >= 4 is 20.2 Å². The molecule has 0 aliphatic heterocycles. The third-order valence-electron chi connectivity index (χ3n) is 2.59. The lowest BCUT2D eigenvalue weighted by Gasteiger charge is -2.18. The van der Waals surface area contributed by atoms with E-state index in [-0.39, 0.29) is 19.3 Å². The molecule has 0 saturated carbocycles. The van der Waals surface area contributed by atoms with Crippen molar-refractivity contribution in [1.82, 2.24) is 0 Å². The molecular weight excluding hydrogens is 268 g/mol. The van der Waals surface area contributed by atoms with E-state index >= 15 is 0 Å². The maximum absolute atomic E-state index is 11.1. The van der Waals surface area contributed by atoms with E-state index in [4.69, 9.17) is 9.11 Å². The standard InChI is InChI=1S/C9H20O6S2/c1-3-5-8(16(10,11)12)7-9(6-4-2)17(13,14)15/h8-9H,3-7H2,1-2H3,(H,10,11,12)(H,13,14,15). The zero-order valence-electron chi connectivity index (χ0n) is 10.0. The first-order chi connectivity index (χ1) is 7.62. The molecule has 0 heterocycles. The molecule has 2 atom stereocenters. The summed E-state index contributed by atoms with van der Waals surface area (Å²) in [6.45, 7) is 3.47. The van der Waals surface area contributed by atoms with Crippen LogP contribution in [0.5, 0.6) is 0 Å². The average molecular weight is 288 g/mol. The molecule has 17 heavy (non-hydrogen) atoms. The van der Waals surface area contributed by atoms with E-state index in [2.05, 4.69) is 0 Å². The largest absolute Gasteiger partial charge is 0.285 e. The van der Waals surface area contributed by atoms with Crippen molar-refractivity contribution < 1.29 is 25.9 Å². The first-order valence-electron chi connectivity index (χ1n) is 5.55. The Morgan fingerprint density at radius 1 is 0.824 bits per heavy atom. The Balaban J connectivity index is 4.94. The lowest BCUT2D eigenvalue weighted by molar-refractivity contribution is 0.432. The predicted octanol–water partition coefficient (Wildman–Crippen LogP) is 1.49. The maximum Gasteiger partial charge on any atom is 0.267 e. The highest BCUT2D eigenvalue weighted by molar-refractivity contribution is 7.87. The third kappa shape index (κ3) is 6.35. The topological polar surface area (TPSA) is 109 Å². The fraction of sp³-hybridized carbons (Fsp3) is 1.00. The van der Waals surface area contributed by atoms with Gasteiger partial charge in [0.25, 0.3) is 20.2 Å². The van der Waals surface area contributed by atoms with Crippen molar-refractivity contribution in [1.29, 1.82) is 0 Å². The molecule has 0 saturated heterocycles. The highest BCUT2D eigenvalue weighted by atomic mass is 32.2. The molecule has 0 aromatic heterocycles. The van der Waals surface area contributed by atoms with Gasteiger partial charge >= 0.3 is 0 Å². The summed E-state index contributed by atoms with van der Waals surface area (Å²) >= 11 is 0. The second-order valence-electron chi connectivity index (χ2n) is 4.09. The minimum atomic E-state index is -4.28. The first kappa shape index (κ1) is 16.8. The van der Waals surface area contributed by atoms with Gasteiger partial charge in [0.2, 0.25) is 0 Å². The first-order valence-corrected chi connectivity index (χ1v) is 8.56. The molecule has 104 valence electrons. The Morgan fingerprint density at radius 3 is 1.29 bits per heavy atom. The summed E-state index contributed by atoms with van der Waals surface area (Å²) in [7, 11) is -8.55. The van der Waals surface area contributed by atoms with Crippen LogP contribution in [-0.2, 0) is 20.2 Å². The summed E-state index contributed by atoms with van der Waals surface area (Å²) in [6, 6.07) is 0. The summed E-state index contributed by atoms with van der Waals surface area (Å²) < 4.78 is 62.2. The molecule has 0 spiro atoms. The van der Waals surface area contributed by atoms with Gasteiger partial charge in [0, 0.05) is 0 Å². The monoisotopic (exact) mass is 288 g/mol. The third-order valence-corrected chi connectivity index (χ3v) is 5.13. The van der Waals surface area contributed by atoms with Gasteiger partial charge in [-0.3, -0.25) is 9.11 Å². The van der Waals surface area contributed by atoms with Crippen LogP contribution < -0.4 is 0 Å². The summed E-state index contributed by atoms with van der Waals surface area (Å²) in [6.07, 6.45) is 1.10. The van der Waals surface area contributed by atoms with Crippen molar-refractivity contribution in [2.24, 2.45) is 0 Å². The molecule has 0 aliphatic rings. The quantitative estimate of drug-likeness (QED) is 0.655. The zero-order valence-corrected chi connectivity index (χ0v) is 11.7. The SMILES string of the molecule is CCCC(CC(CCC)S(=O)(=O)O)S(=O)(=O)O. The molecule has 0 bridgehead atoms. The fourth-order valence-electron chi connectivity index (χ4n) is 1.71. The summed E-state index contributed by atoms with van der Waals surface area (Å²) in [5.41, 5.74) is 0. The van der Waals surface area contributed by atoms with Gasteiger partial charge in [-0.25, -0.2) is 0 Å². The van der Waals surface area contributed by atoms with E-state index in [1.165, 1.54) is 0 Å². The van der Waals surface area contributed by atoms with Gasteiger partial charge in [-0.2, -0.15) is 16.8 Å². The van der Waals surface area contributed by atoms with E-state index < -0.39 is 30.7 Å². The van der Waals surface area contributed by atoms with Crippen LogP contribution in [0.15, 0.2) is 0 Å². The molecule has 0 aromatic carbocycles. The van der Waals surface area contributed by atoms with Crippen LogP contribution >= 0.6 is 0 Å². The van der Waals surface area contributed by atoms with Gasteiger partial charge in [0.15, 0.2) is 0 Å². The Morgan fingerprint density at radius 2 is 1.12 bits per heavy atom. The van der Waals surface area contributed by atoms with Gasteiger partial charge in [-0.1, -0.05) is 26.7 Å². The molecule has 0 rings (SSSR count). The van der Waals surface area contributed by atoms with Crippen molar-refractivity contribution in [2.45, 2.75) is 56.5 Å². The second kappa shape index (κ2) is 6.67. The molecule has 2 N–H and O–H groups in total. The van der Waals surface area contributed by atoms with Gasteiger partial charge in [0.1, 0.15) is 0 Å². The molecule has 0 amide bonds. The van der Waals surface area contributed by atoms with E-state index in [1.807, 2.05) is 0 Å². The number of rotatable bonds is 8. The molecular formula is C9H20O6S2. The van der Waals surface area contributed by atoms with E-state index in [1.54, 1.807) is 13.8 Å². The van der Waals surface area contributed by atoms with Crippen LogP contribution in [0.1, 0.15) is 46.0 Å². The smallest absolute Gasteiger partial charge is 0.267 e. The summed E-state index contributed by atoms with van der Waals surface area (Å²) in [5.74, 6) is 0. The van der Waals surface area contributed by atoms with Gasteiger partial charge < -0.3 is 0 Å². The Kier molecular flexibility index (Phi) is 6.60. The Bertz CT molecular complexity index is 371. The molecule has 0 aliphatic carbocycles. The summed E-state index contributed by atoms with van der Waals surface area (Å²) in [4.78, 5) is 0. The van der Waals surface area contributed by atoms with Crippen molar-refractivity contribution in [3.63, 3.8) is 0 Å². The van der Waals surface area contributed by atoms with Crippen molar-refractivity contribution in [2.75, 3.05) is 0 Å². The number of hydrogen-bond donors (Lipinski definition) is 2. The van der Waals surface area contributed by atoms with Crippen LogP contribution in [0.25, 0.3) is 0 Å². The van der Waals surface area contributed by atoms with Gasteiger partial charge in [0.05, 0.1) is 10.5 Å². The minimum absolute atomic E-state index is 0.175. The maximum atomic E-state index is 11.1. The van der Waals surface area contributed by atoms with E-state index in [9.17, 15) is 16.8 Å². The predicted molar refractivity (Wildman–Crippen MR) is 65.1 cm³/mol. The zero-order chi connectivity index (χ0) is 13.7. The molecule has 8 heteroatoms. The average Bonchev–Trinajstić information content (AvgIpc) is 2.12. The molecule has 2 unspecified atom stereocenters. The highest BCUT2D eigenvalue weighted by Crippen LogP contribution is 2.20. The van der Waals surface area contributed by atoms with E-state index in [0.29, 0.717) is 12.8 Å². The van der Waals surface area contributed by atoms with E-state index in [0.717, 1.165) is 0 Å². The van der Waals surface area contributed by atoms with Crippen molar-refractivity contribution in [3.8, 4) is 0 Å². The van der Waals surface area contributed by atoms with Crippen LogP contribution in [0.3, 0.4) is 0 Å². The highest BCUT2D eigenvalue weighted by Gasteiger charge is 2.31. The lowest BCUT2D eigenvalue weighted by atomic mass is 10.1. The minimum Gasteiger partial charge on any atom is -0.285 e. The number of hydrogen-bond acceptors (Lipinski definition) is 4. The molecule has 0 aromatic rings. The van der Waals surface area contributed by atoms with Gasteiger partial charge in [-0.05, 0) is 19.3 Å². The summed E-state index contributed by atoms with van der Waals surface area (Å²) in [5, 5.41) is -2.27. The second-order valence-corrected chi connectivity index (χ2v) is 7.48. The van der Waals surface area contributed by atoms with Crippen LogP contribution in [-0.4, -0.2) is 36.4 Å². The van der Waals surface area contributed by atoms with Crippen LogP contribution in [0.2, 0.25) is 0 Å². The Labute approximate surface area is 103 Å². The Hall–Kier alpha value is -0.180. The molecule has 6 nitrogen and oxygen atoms in total. The molecule has 0 radical (unpaired) electrons. The van der Waals surface area contributed by atoms with Crippen LogP contribution in [0, 0.1) is 0 Å². The van der Waals surface area contributed by atoms with Crippen LogP contribution in [0.4, 0.5) is 0 Å². The normalized spacial score (nSPS) is 16.7. The fourth-order valence-corrected chi connectivity index (χ4v) is 3.85. The lowest BCUT2D eigenvalue weighted by Crippen LogP contribution is -2.30.